The molecule has 0 aliphatic heterocycles. The first-order chi connectivity index (χ1) is 11.4. The number of nitrogens with one attached hydrogen (secondary N) is 1. The first-order valence-corrected chi connectivity index (χ1v) is 7.82. The van der Waals surface area contributed by atoms with Crippen molar-refractivity contribution in [3.8, 4) is 5.69 Å². The van der Waals surface area contributed by atoms with Crippen molar-refractivity contribution in [3.63, 3.8) is 0 Å². The number of halogens is 3. The molecule has 4 nitrogen and oxygen atoms in total. The highest BCUT2D eigenvalue weighted by Crippen LogP contribution is 2.20. The van der Waals surface area contributed by atoms with E-state index < -0.39 is 11.7 Å². The van der Waals surface area contributed by atoms with Crippen LogP contribution in [0.4, 0.5) is 14.6 Å². The average molecular weight is 392 g/mol. The topological polar surface area (TPSA) is 46.9 Å². The lowest BCUT2D eigenvalue weighted by molar-refractivity contribution is 0.102. The Morgan fingerprint density at radius 2 is 1.79 bits per heavy atom. The lowest BCUT2D eigenvalue weighted by Gasteiger charge is -2.09. The van der Waals surface area contributed by atoms with Crippen molar-refractivity contribution in [2.24, 2.45) is 0 Å². The Labute approximate surface area is 145 Å². The number of hydrogen-bond acceptors (Lipinski definition) is 2. The summed E-state index contributed by atoms with van der Waals surface area (Å²) in [5.41, 5.74) is 1.45. The fourth-order valence-electron chi connectivity index (χ4n) is 2.24. The molecule has 0 fully saturated rings. The summed E-state index contributed by atoms with van der Waals surface area (Å²) in [6.45, 7) is 1.77. The number of nitrogens with zero attached hydrogens (tertiary/aromatic N) is 2. The van der Waals surface area contributed by atoms with E-state index in [0.717, 1.165) is 6.07 Å². The number of aryl methyl sites for hydroxylation is 1. The maximum Gasteiger partial charge on any atom is 0.256 e. The molecule has 1 heterocycles. The molecule has 1 aromatic heterocycles. The van der Waals surface area contributed by atoms with Gasteiger partial charge in [-0.05, 0) is 49.4 Å². The summed E-state index contributed by atoms with van der Waals surface area (Å²) >= 11 is 3.16. The molecule has 0 aliphatic rings. The van der Waals surface area contributed by atoms with E-state index in [2.05, 4.69) is 26.3 Å². The lowest BCUT2D eigenvalue weighted by atomic mass is 10.2. The fourth-order valence-corrected chi connectivity index (χ4v) is 2.71. The van der Waals surface area contributed by atoms with E-state index in [1.54, 1.807) is 25.1 Å². The van der Waals surface area contributed by atoms with Crippen LogP contribution in [-0.4, -0.2) is 15.7 Å². The van der Waals surface area contributed by atoms with Crippen LogP contribution in [0.25, 0.3) is 5.69 Å². The molecule has 1 N–H and O–H groups in total. The van der Waals surface area contributed by atoms with Crippen molar-refractivity contribution < 1.29 is 13.6 Å². The zero-order valence-electron chi connectivity index (χ0n) is 12.6. The first-order valence-electron chi connectivity index (χ1n) is 7.02. The maximum absolute atomic E-state index is 13.5. The van der Waals surface area contributed by atoms with Crippen LogP contribution in [0.2, 0.25) is 0 Å². The highest BCUT2D eigenvalue weighted by molar-refractivity contribution is 9.10. The summed E-state index contributed by atoms with van der Waals surface area (Å²) in [6.07, 6.45) is 0. The molecule has 24 heavy (non-hydrogen) atoms. The Balaban J connectivity index is 1.93. The van der Waals surface area contributed by atoms with E-state index in [0.29, 0.717) is 21.7 Å². The molecule has 0 atom stereocenters. The number of carbonyl (C=O) groups is 1. The Morgan fingerprint density at radius 1 is 1.08 bits per heavy atom. The van der Waals surface area contributed by atoms with Gasteiger partial charge < -0.3 is 5.32 Å². The van der Waals surface area contributed by atoms with Gasteiger partial charge in [0, 0.05) is 16.1 Å². The predicted octanol–water partition coefficient (Wildman–Crippen LogP) is 4.47. The normalized spacial score (nSPS) is 10.7. The minimum absolute atomic E-state index is 0.173. The van der Waals surface area contributed by atoms with Crippen LogP contribution in [0.1, 0.15) is 16.1 Å². The van der Waals surface area contributed by atoms with Gasteiger partial charge in [-0.1, -0.05) is 15.9 Å². The van der Waals surface area contributed by atoms with E-state index in [9.17, 15) is 13.6 Å². The number of carbonyl (C=O) groups excluding carboxylic acids is 1. The van der Waals surface area contributed by atoms with Crippen LogP contribution in [0.5, 0.6) is 0 Å². The van der Waals surface area contributed by atoms with Gasteiger partial charge in [0.1, 0.15) is 17.5 Å². The van der Waals surface area contributed by atoms with Gasteiger partial charge in [0.15, 0.2) is 0 Å². The van der Waals surface area contributed by atoms with Gasteiger partial charge in [-0.15, -0.1) is 0 Å². The van der Waals surface area contributed by atoms with Gasteiger partial charge in [0.05, 0.1) is 11.4 Å². The molecule has 0 saturated heterocycles. The van der Waals surface area contributed by atoms with Gasteiger partial charge in [0.25, 0.3) is 5.91 Å². The summed E-state index contributed by atoms with van der Waals surface area (Å²) in [4.78, 5) is 12.4. The zero-order valence-corrected chi connectivity index (χ0v) is 14.1. The SMILES string of the molecule is Cc1cc(NC(=O)c2cc(F)cc(Br)c2)n(-c2ccc(F)cc2)n1. The van der Waals surface area contributed by atoms with Crippen molar-refractivity contribution in [2.75, 3.05) is 5.32 Å². The Bertz CT molecular complexity index is 886. The molecule has 0 radical (unpaired) electrons. The third kappa shape index (κ3) is 3.51. The number of rotatable bonds is 3. The van der Waals surface area contributed by atoms with Gasteiger partial charge in [0.2, 0.25) is 0 Å². The van der Waals surface area contributed by atoms with Gasteiger partial charge >= 0.3 is 0 Å². The minimum atomic E-state index is -0.516. The minimum Gasteiger partial charge on any atom is -0.306 e. The van der Waals surface area contributed by atoms with Crippen LogP contribution in [0, 0.1) is 18.6 Å². The number of amides is 1. The lowest BCUT2D eigenvalue weighted by Crippen LogP contribution is -2.15. The molecule has 0 saturated carbocycles. The molecule has 0 aliphatic carbocycles. The standard InChI is InChI=1S/C17H12BrF2N3O/c1-10-6-16(23(22-10)15-4-2-13(19)3-5-15)21-17(24)11-7-12(18)9-14(20)8-11/h2-9H,1H3,(H,21,24). The van der Waals surface area contributed by atoms with Crippen molar-refractivity contribution in [1.82, 2.24) is 9.78 Å². The van der Waals surface area contributed by atoms with Gasteiger partial charge in [-0.2, -0.15) is 5.10 Å². The molecular weight excluding hydrogens is 380 g/mol. The Hall–Kier alpha value is -2.54. The first kappa shape index (κ1) is 16.3. The molecule has 2 aromatic carbocycles. The summed E-state index contributed by atoms with van der Waals surface area (Å²) in [5, 5.41) is 6.98. The molecule has 1 amide bonds. The van der Waals surface area contributed by atoms with Crippen molar-refractivity contribution in [3.05, 3.63) is 75.9 Å². The van der Waals surface area contributed by atoms with Crippen LogP contribution in [0.3, 0.4) is 0 Å². The maximum atomic E-state index is 13.5. The van der Waals surface area contributed by atoms with Crippen molar-refractivity contribution in [2.45, 2.75) is 6.92 Å². The third-order valence-corrected chi connectivity index (χ3v) is 3.73. The third-order valence-electron chi connectivity index (χ3n) is 3.27. The van der Waals surface area contributed by atoms with E-state index in [1.807, 2.05) is 0 Å². The average Bonchev–Trinajstić information content (AvgIpc) is 2.87. The second-order valence-corrected chi connectivity index (χ2v) is 6.09. The predicted molar refractivity (Wildman–Crippen MR) is 90.3 cm³/mol. The summed E-state index contributed by atoms with van der Waals surface area (Å²) in [5.74, 6) is -0.946. The van der Waals surface area contributed by atoms with Crippen LogP contribution >= 0.6 is 15.9 Å². The second-order valence-electron chi connectivity index (χ2n) is 5.17. The number of anilines is 1. The van der Waals surface area contributed by atoms with Crippen molar-refractivity contribution >= 4 is 27.7 Å². The van der Waals surface area contributed by atoms with Crippen LogP contribution in [-0.2, 0) is 0 Å². The number of hydrogen-bond donors (Lipinski definition) is 1. The Kier molecular flexibility index (Phi) is 4.44. The monoisotopic (exact) mass is 391 g/mol. The molecule has 122 valence electrons. The molecule has 0 bridgehead atoms. The second kappa shape index (κ2) is 6.52. The smallest absolute Gasteiger partial charge is 0.256 e. The molecule has 0 spiro atoms. The quantitative estimate of drug-likeness (QED) is 0.715. The van der Waals surface area contributed by atoms with E-state index in [4.69, 9.17) is 0 Å². The van der Waals surface area contributed by atoms with Gasteiger partial charge in [-0.25, -0.2) is 13.5 Å². The summed E-state index contributed by atoms with van der Waals surface area (Å²) in [7, 11) is 0. The van der Waals surface area contributed by atoms with E-state index in [1.165, 1.54) is 28.9 Å². The molecule has 0 unspecified atom stereocenters. The molecule has 3 aromatic rings. The highest BCUT2D eigenvalue weighted by atomic mass is 79.9. The molecular formula is C17H12BrF2N3O. The fraction of sp³-hybridized carbons (Fsp3) is 0.0588. The van der Waals surface area contributed by atoms with E-state index in [-0.39, 0.29) is 11.4 Å². The molecule has 7 heteroatoms. The number of aromatic nitrogens is 2. The largest absolute Gasteiger partial charge is 0.306 e. The van der Waals surface area contributed by atoms with Crippen LogP contribution < -0.4 is 5.32 Å². The highest BCUT2D eigenvalue weighted by Gasteiger charge is 2.14. The van der Waals surface area contributed by atoms with Crippen molar-refractivity contribution in [1.29, 1.82) is 0 Å². The Morgan fingerprint density at radius 3 is 2.46 bits per heavy atom. The van der Waals surface area contributed by atoms with Gasteiger partial charge in [-0.3, -0.25) is 4.79 Å². The zero-order chi connectivity index (χ0) is 17.3. The van der Waals surface area contributed by atoms with E-state index >= 15 is 0 Å². The molecule has 3 rings (SSSR count). The van der Waals surface area contributed by atoms with Crippen LogP contribution in [0.15, 0.2) is 53.0 Å². The number of benzene rings is 2. The summed E-state index contributed by atoms with van der Waals surface area (Å²) in [6, 6.07) is 11.3. The summed E-state index contributed by atoms with van der Waals surface area (Å²) < 4.78 is 28.5.